The van der Waals surface area contributed by atoms with Crippen LogP contribution in [-0.2, 0) is 14.8 Å². The molecule has 0 spiro atoms. The molecule has 1 amide bonds. The maximum atomic E-state index is 12.7. The Kier molecular flexibility index (Phi) is 8.33. The number of rotatable bonds is 6. The summed E-state index contributed by atoms with van der Waals surface area (Å²) in [6.45, 7) is 5.56. The Morgan fingerprint density at radius 2 is 1.73 bits per heavy atom. The van der Waals surface area contributed by atoms with Gasteiger partial charge in [-0.1, -0.05) is 13.8 Å². The maximum absolute atomic E-state index is 12.7. The molecule has 132 valence electrons. The molecule has 1 saturated heterocycles. The fraction of sp³-hybridized carbons (Fsp3) is 0.929. The van der Waals surface area contributed by atoms with E-state index < -0.39 is 15.4 Å². The fourth-order valence-electron chi connectivity index (χ4n) is 2.97. The van der Waals surface area contributed by atoms with Gasteiger partial charge in [-0.25, -0.2) is 12.7 Å². The van der Waals surface area contributed by atoms with Crippen LogP contribution in [0, 0.1) is 5.41 Å². The highest BCUT2D eigenvalue weighted by Gasteiger charge is 2.38. The summed E-state index contributed by atoms with van der Waals surface area (Å²) in [7, 11) is -1.56. The molecule has 1 fully saturated rings. The van der Waals surface area contributed by atoms with Crippen LogP contribution in [-0.4, -0.2) is 62.5 Å². The summed E-state index contributed by atoms with van der Waals surface area (Å²) in [5.74, 6) is 0.121. The summed E-state index contributed by atoms with van der Waals surface area (Å²) in [5, 5.41) is 0. The predicted octanol–water partition coefficient (Wildman–Crippen LogP) is 1.06. The summed E-state index contributed by atoms with van der Waals surface area (Å²) in [4.78, 5) is 14.6. The number of carbonyl (C=O) groups excluding carboxylic acids is 1. The van der Waals surface area contributed by atoms with Crippen molar-refractivity contribution >= 4 is 28.3 Å². The number of piperidine rings is 1. The zero-order valence-electron chi connectivity index (χ0n) is 14.0. The third kappa shape index (κ3) is 4.57. The minimum absolute atomic E-state index is 0. The molecule has 0 aromatic heterocycles. The minimum Gasteiger partial charge on any atom is -0.342 e. The van der Waals surface area contributed by atoms with Crippen molar-refractivity contribution in [3.63, 3.8) is 0 Å². The molecule has 1 aliphatic heterocycles. The van der Waals surface area contributed by atoms with Crippen LogP contribution in [0.5, 0.6) is 0 Å². The highest BCUT2D eigenvalue weighted by atomic mass is 35.5. The van der Waals surface area contributed by atoms with Gasteiger partial charge in [-0.05, 0) is 25.7 Å². The van der Waals surface area contributed by atoms with E-state index >= 15 is 0 Å². The van der Waals surface area contributed by atoms with Gasteiger partial charge >= 0.3 is 0 Å². The zero-order valence-corrected chi connectivity index (χ0v) is 15.7. The molecular weight excluding hydrogens is 326 g/mol. The fourth-order valence-corrected chi connectivity index (χ4v) is 3.72. The second kappa shape index (κ2) is 8.47. The van der Waals surface area contributed by atoms with Crippen LogP contribution in [0.2, 0.25) is 0 Å². The van der Waals surface area contributed by atoms with Gasteiger partial charge < -0.3 is 10.6 Å². The SMILES string of the molecule is CCC(CC)(CN)C(=O)N1CCC(N(C)S(C)(=O)=O)CC1.Cl. The van der Waals surface area contributed by atoms with Gasteiger partial charge in [0.15, 0.2) is 0 Å². The molecule has 0 atom stereocenters. The van der Waals surface area contributed by atoms with E-state index in [-0.39, 0.29) is 24.4 Å². The molecule has 0 aromatic carbocycles. The van der Waals surface area contributed by atoms with Crippen LogP contribution in [0.4, 0.5) is 0 Å². The third-order valence-corrected chi connectivity index (χ3v) is 6.33. The molecule has 0 bridgehead atoms. The zero-order chi connectivity index (χ0) is 16.3. The second-order valence-corrected chi connectivity index (χ2v) is 8.04. The van der Waals surface area contributed by atoms with Gasteiger partial charge in [0, 0.05) is 32.7 Å². The Morgan fingerprint density at radius 1 is 1.27 bits per heavy atom. The van der Waals surface area contributed by atoms with Crippen molar-refractivity contribution < 1.29 is 13.2 Å². The normalized spacial score (nSPS) is 17.5. The highest BCUT2D eigenvalue weighted by Crippen LogP contribution is 2.29. The Bertz CT molecular complexity index is 450. The Hall–Kier alpha value is -0.370. The van der Waals surface area contributed by atoms with E-state index in [1.165, 1.54) is 10.6 Å². The van der Waals surface area contributed by atoms with Crippen molar-refractivity contribution in [2.75, 3.05) is 32.9 Å². The summed E-state index contributed by atoms with van der Waals surface area (Å²) >= 11 is 0. The first kappa shape index (κ1) is 21.6. The molecule has 0 aliphatic carbocycles. The van der Waals surface area contributed by atoms with Gasteiger partial charge in [-0.15, -0.1) is 12.4 Å². The van der Waals surface area contributed by atoms with Crippen LogP contribution in [0.1, 0.15) is 39.5 Å². The number of nitrogens with two attached hydrogens (primary N) is 1. The molecule has 2 N–H and O–H groups in total. The molecule has 1 aliphatic rings. The van der Waals surface area contributed by atoms with E-state index in [0.717, 1.165) is 12.8 Å². The topological polar surface area (TPSA) is 83.7 Å². The molecule has 0 unspecified atom stereocenters. The van der Waals surface area contributed by atoms with Gasteiger partial charge in [0.05, 0.1) is 11.7 Å². The molecule has 6 nitrogen and oxygen atoms in total. The number of likely N-dealkylation sites (tertiary alicyclic amines) is 1. The first-order chi connectivity index (χ1) is 9.71. The van der Waals surface area contributed by atoms with Gasteiger partial charge in [-0.3, -0.25) is 4.79 Å². The van der Waals surface area contributed by atoms with Crippen molar-refractivity contribution in [1.29, 1.82) is 0 Å². The number of sulfonamides is 1. The van der Waals surface area contributed by atoms with E-state index in [9.17, 15) is 13.2 Å². The summed E-state index contributed by atoms with van der Waals surface area (Å²) in [5.41, 5.74) is 5.37. The number of amides is 1. The number of hydrogen-bond donors (Lipinski definition) is 1. The van der Waals surface area contributed by atoms with E-state index in [4.69, 9.17) is 5.73 Å². The summed E-state index contributed by atoms with van der Waals surface area (Å²) < 4.78 is 24.6. The molecule has 0 saturated carbocycles. The molecule has 8 heteroatoms. The number of hydrogen-bond acceptors (Lipinski definition) is 4. The molecule has 22 heavy (non-hydrogen) atoms. The van der Waals surface area contributed by atoms with Crippen LogP contribution in [0.3, 0.4) is 0 Å². The number of halogens is 1. The Labute approximate surface area is 140 Å². The minimum atomic E-state index is -3.17. The van der Waals surface area contributed by atoms with Gasteiger partial charge in [0.25, 0.3) is 0 Å². The second-order valence-electron chi connectivity index (χ2n) is 5.99. The van der Waals surface area contributed by atoms with Crippen LogP contribution < -0.4 is 5.73 Å². The van der Waals surface area contributed by atoms with E-state index in [0.29, 0.717) is 32.5 Å². The molecule has 0 radical (unpaired) electrons. The monoisotopic (exact) mass is 355 g/mol. The lowest BCUT2D eigenvalue weighted by Crippen LogP contribution is -2.52. The average molecular weight is 356 g/mol. The Morgan fingerprint density at radius 3 is 2.05 bits per heavy atom. The van der Waals surface area contributed by atoms with Gasteiger partial charge in [0.2, 0.25) is 15.9 Å². The van der Waals surface area contributed by atoms with Crippen molar-refractivity contribution in [1.82, 2.24) is 9.21 Å². The lowest BCUT2D eigenvalue weighted by Gasteiger charge is -2.40. The standard InChI is InChI=1S/C14H29N3O3S.ClH/c1-5-14(6-2,11-15)13(18)17-9-7-12(8-10-17)16(3)21(4,19)20;/h12H,5-11,15H2,1-4H3;1H. The van der Waals surface area contributed by atoms with Crippen LogP contribution in [0.25, 0.3) is 0 Å². The molecule has 0 aromatic rings. The maximum Gasteiger partial charge on any atom is 0.230 e. The van der Waals surface area contributed by atoms with E-state index in [1.807, 2.05) is 18.7 Å². The number of carbonyl (C=O) groups is 1. The van der Waals surface area contributed by atoms with Crippen molar-refractivity contribution in [3.8, 4) is 0 Å². The Balaban J connectivity index is 0.00000441. The lowest BCUT2D eigenvalue weighted by atomic mass is 9.80. The first-order valence-electron chi connectivity index (χ1n) is 7.64. The predicted molar refractivity (Wildman–Crippen MR) is 91.5 cm³/mol. The van der Waals surface area contributed by atoms with Crippen molar-refractivity contribution in [3.05, 3.63) is 0 Å². The van der Waals surface area contributed by atoms with Gasteiger partial charge in [-0.2, -0.15) is 0 Å². The molecular formula is C14H30ClN3O3S. The lowest BCUT2D eigenvalue weighted by molar-refractivity contribution is -0.143. The third-order valence-electron chi connectivity index (χ3n) is 4.99. The largest absolute Gasteiger partial charge is 0.342 e. The quantitative estimate of drug-likeness (QED) is 0.772. The van der Waals surface area contributed by atoms with E-state index in [2.05, 4.69) is 0 Å². The smallest absolute Gasteiger partial charge is 0.230 e. The van der Waals surface area contributed by atoms with Crippen LogP contribution in [0.15, 0.2) is 0 Å². The van der Waals surface area contributed by atoms with Crippen molar-refractivity contribution in [2.24, 2.45) is 11.1 Å². The summed E-state index contributed by atoms with van der Waals surface area (Å²) in [6, 6.07) is -0.0143. The van der Waals surface area contributed by atoms with Crippen LogP contribution >= 0.6 is 12.4 Å². The highest BCUT2D eigenvalue weighted by molar-refractivity contribution is 7.88. The summed E-state index contributed by atoms with van der Waals surface area (Å²) in [6.07, 6.45) is 4.06. The molecule has 1 heterocycles. The van der Waals surface area contributed by atoms with E-state index in [1.54, 1.807) is 7.05 Å². The molecule has 1 rings (SSSR count). The average Bonchev–Trinajstić information content (AvgIpc) is 2.48. The first-order valence-corrected chi connectivity index (χ1v) is 9.49. The van der Waals surface area contributed by atoms with Crippen molar-refractivity contribution in [2.45, 2.75) is 45.6 Å². The van der Waals surface area contributed by atoms with Gasteiger partial charge in [0.1, 0.15) is 0 Å². The number of nitrogens with zero attached hydrogens (tertiary/aromatic N) is 2.